The molecule has 0 fully saturated rings. The average molecular weight is 464 g/mol. The van der Waals surface area contributed by atoms with Gasteiger partial charge >= 0.3 is 0 Å². The van der Waals surface area contributed by atoms with Gasteiger partial charge < -0.3 is 24.3 Å². The van der Waals surface area contributed by atoms with Crippen LogP contribution in [0.2, 0.25) is 5.02 Å². The molecule has 0 aliphatic heterocycles. The first-order chi connectivity index (χ1) is 15.4. The number of ether oxygens (including phenoxy) is 4. The Kier molecular flexibility index (Phi) is 9.27. The molecule has 2 aromatic carbocycles. The molecular formula is C22H26ClN3O6. The molecule has 32 heavy (non-hydrogen) atoms. The van der Waals surface area contributed by atoms with E-state index in [2.05, 4.69) is 15.5 Å². The van der Waals surface area contributed by atoms with Gasteiger partial charge in [0.2, 0.25) is 6.04 Å². The standard InChI is InChI=1S/C22H26ClN3O6/c1-6-31-18-11-9-15(23)20(21(18)32-7-2)24-22(28)19(13(3)27)26-25-16-12-14(29-4)8-10-17(16)30-5/h8-12,19H,6-7H2,1-5H3,(H,24,28). The minimum Gasteiger partial charge on any atom is -0.497 e. The van der Waals surface area contributed by atoms with Gasteiger partial charge in [-0.3, -0.25) is 9.59 Å². The maximum absolute atomic E-state index is 12.9. The molecule has 0 radical (unpaired) electrons. The second kappa shape index (κ2) is 11.9. The van der Waals surface area contributed by atoms with E-state index >= 15 is 0 Å². The van der Waals surface area contributed by atoms with E-state index < -0.39 is 17.7 Å². The third kappa shape index (κ3) is 6.10. The van der Waals surface area contributed by atoms with Crippen molar-refractivity contribution in [3.05, 3.63) is 35.4 Å². The number of ketones is 1. The van der Waals surface area contributed by atoms with E-state index in [0.29, 0.717) is 36.1 Å². The Morgan fingerprint density at radius 3 is 2.31 bits per heavy atom. The number of carbonyl (C=O) groups is 2. The number of hydrogen-bond donors (Lipinski definition) is 1. The number of nitrogens with one attached hydrogen (secondary N) is 1. The first kappa shape index (κ1) is 24.9. The summed E-state index contributed by atoms with van der Waals surface area (Å²) in [6.07, 6.45) is 0. The fraction of sp³-hybridized carbons (Fsp3) is 0.364. The lowest BCUT2D eigenvalue weighted by Gasteiger charge is -2.18. The van der Waals surface area contributed by atoms with E-state index in [1.807, 2.05) is 6.92 Å². The van der Waals surface area contributed by atoms with Crippen molar-refractivity contribution >= 4 is 34.7 Å². The molecule has 0 heterocycles. The molecule has 0 spiro atoms. The smallest absolute Gasteiger partial charge is 0.258 e. The zero-order valence-corrected chi connectivity index (χ0v) is 19.4. The predicted molar refractivity (Wildman–Crippen MR) is 121 cm³/mol. The number of hydrogen-bond acceptors (Lipinski definition) is 8. The van der Waals surface area contributed by atoms with Gasteiger partial charge in [0.1, 0.15) is 22.9 Å². The highest BCUT2D eigenvalue weighted by molar-refractivity contribution is 6.34. The number of nitrogens with zero attached hydrogens (tertiary/aromatic N) is 2. The quantitative estimate of drug-likeness (QED) is 0.377. The number of methoxy groups -OCH3 is 2. The monoisotopic (exact) mass is 463 g/mol. The van der Waals surface area contributed by atoms with Crippen LogP contribution in [0.3, 0.4) is 0 Å². The molecule has 0 aromatic heterocycles. The molecule has 0 bridgehead atoms. The largest absolute Gasteiger partial charge is 0.497 e. The highest BCUT2D eigenvalue weighted by atomic mass is 35.5. The average Bonchev–Trinajstić information content (AvgIpc) is 2.77. The van der Waals surface area contributed by atoms with Gasteiger partial charge in [0.15, 0.2) is 17.3 Å². The molecule has 10 heteroatoms. The number of rotatable bonds is 11. The van der Waals surface area contributed by atoms with Crippen molar-refractivity contribution < 1.29 is 28.5 Å². The third-order valence-corrected chi connectivity index (χ3v) is 4.52. The highest BCUT2D eigenvalue weighted by Crippen LogP contribution is 2.41. The fourth-order valence-electron chi connectivity index (χ4n) is 2.72. The first-order valence-electron chi connectivity index (χ1n) is 9.88. The van der Waals surface area contributed by atoms with Gasteiger partial charge in [0.05, 0.1) is 32.5 Å². The fourth-order valence-corrected chi connectivity index (χ4v) is 2.91. The van der Waals surface area contributed by atoms with E-state index in [0.717, 1.165) is 0 Å². The summed E-state index contributed by atoms with van der Waals surface area (Å²) in [5.74, 6) is 0.371. The lowest BCUT2D eigenvalue weighted by atomic mass is 10.2. The zero-order valence-electron chi connectivity index (χ0n) is 18.6. The van der Waals surface area contributed by atoms with Crippen LogP contribution in [-0.2, 0) is 9.59 Å². The van der Waals surface area contributed by atoms with E-state index in [1.54, 1.807) is 37.3 Å². The second-order valence-corrected chi connectivity index (χ2v) is 6.78. The Morgan fingerprint density at radius 2 is 1.72 bits per heavy atom. The summed E-state index contributed by atoms with van der Waals surface area (Å²) < 4.78 is 21.6. The summed E-state index contributed by atoms with van der Waals surface area (Å²) in [5, 5.41) is 10.8. The minimum absolute atomic E-state index is 0.185. The predicted octanol–water partition coefficient (Wildman–Crippen LogP) is 4.83. The molecule has 0 saturated heterocycles. The topological polar surface area (TPSA) is 108 Å². The molecule has 1 unspecified atom stereocenters. The number of amides is 1. The molecule has 1 atom stereocenters. The lowest BCUT2D eigenvalue weighted by molar-refractivity contribution is -0.126. The third-order valence-electron chi connectivity index (χ3n) is 4.21. The van der Waals surface area contributed by atoms with Gasteiger partial charge in [0, 0.05) is 6.07 Å². The van der Waals surface area contributed by atoms with Crippen molar-refractivity contribution in [2.45, 2.75) is 26.8 Å². The maximum Gasteiger partial charge on any atom is 0.258 e. The van der Waals surface area contributed by atoms with Crippen LogP contribution < -0.4 is 24.3 Å². The van der Waals surface area contributed by atoms with Gasteiger partial charge in [-0.1, -0.05) is 11.6 Å². The van der Waals surface area contributed by atoms with Crippen LogP contribution in [0.5, 0.6) is 23.0 Å². The Labute approximate surface area is 191 Å². The van der Waals surface area contributed by atoms with Crippen LogP contribution in [0.15, 0.2) is 40.6 Å². The van der Waals surface area contributed by atoms with Crippen molar-refractivity contribution in [2.24, 2.45) is 10.2 Å². The van der Waals surface area contributed by atoms with E-state index in [4.69, 9.17) is 30.5 Å². The van der Waals surface area contributed by atoms with E-state index in [9.17, 15) is 9.59 Å². The molecule has 0 saturated carbocycles. The van der Waals surface area contributed by atoms with Crippen molar-refractivity contribution in [2.75, 3.05) is 32.8 Å². The number of halogens is 1. The Hall–Kier alpha value is -3.33. The summed E-state index contributed by atoms with van der Waals surface area (Å²) in [6, 6.07) is 6.69. The van der Waals surface area contributed by atoms with Crippen LogP contribution in [0.25, 0.3) is 0 Å². The molecule has 1 N–H and O–H groups in total. The van der Waals surface area contributed by atoms with E-state index in [-0.39, 0.29) is 16.5 Å². The Bertz CT molecular complexity index is 996. The summed E-state index contributed by atoms with van der Waals surface area (Å²) in [6.45, 7) is 5.56. The zero-order chi connectivity index (χ0) is 23.7. The van der Waals surface area contributed by atoms with Crippen LogP contribution >= 0.6 is 11.6 Å². The van der Waals surface area contributed by atoms with Crippen LogP contribution in [0, 0.1) is 0 Å². The summed E-state index contributed by atoms with van der Waals surface area (Å²) >= 11 is 6.29. The van der Waals surface area contributed by atoms with Crippen molar-refractivity contribution in [3.8, 4) is 23.0 Å². The molecular weight excluding hydrogens is 438 g/mol. The Morgan fingerprint density at radius 1 is 1.03 bits per heavy atom. The van der Waals surface area contributed by atoms with Crippen molar-refractivity contribution in [3.63, 3.8) is 0 Å². The number of benzene rings is 2. The van der Waals surface area contributed by atoms with Gasteiger partial charge in [-0.25, -0.2) is 0 Å². The van der Waals surface area contributed by atoms with Crippen molar-refractivity contribution in [1.29, 1.82) is 0 Å². The first-order valence-corrected chi connectivity index (χ1v) is 10.3. The van der Waals surface area contributed by atoms with Crippen LogP contribution in [0.1, 0.15) is 20.8 Å². The second-order valence-electron chi connectivity index (χ2n) is 6.37. The van der Waals surface area contributed by atoms with Gasteiger partial charge in [-0.15, -0.1) is 0 Å². The lowest BCUT2D eigenvalue weighted by Crippen LogP contribution is -2.32. The minimum atomic E-state index is -1.42. The van der Waals surface area contributed by atoms with Gasteiger partial charge in [-0.2, -0.15) is 10.2 Å². The maximum atomic E-state index is 12.9. The number of anilines is 1. The normalized spacial score (nSPS) is 11.7. The Balaban J connectivity index is 2.37. The summed E-state index contributed by atoms with van der Waals surface area (Å²) in [4.78, 5) is 25.1. The summed E-state index contributed by atoms with van der Waals surface area (Å²) in [5.41, 5.74) is 0.488. The van der Waals surface area contributed by atoms with Crippen LogP contribution in [0.4, 0.5) is 11.4 Å². The van der Waals surface area contributed by atoms with Crippen molar-refractivity contribution in [1.82, 2.24) is 0 Å². The number of carbonyl (C=O) groups excluding carboxylic acids is 2. The SMILES string of the molecule is CCOc1ccc(Cl)c(NC(=O)C(N=Nc2cc(OC)ccc2OC)C(C)=O)c1OCC. The molecule has 172 valence electrons. The molecule has 9 nitrogen and oxygen atoms in total. The van der Waals surface area contributed by atoms with E-state index in [1.165, 1.54) is 21.1 Å². The molecule has 0 aliphatic rings. The highest BCUT2D eigenvalue weighted by Gasteiger charge is 2.26. The number of Topliss-reactive ketones (excluding diaryl/α,β-unsaturated/α-hetero) is 1. The van der Waals surface area contributed by atoms with Crippen LogP contribution in [-0.4, -0.2) is 45.2 Å². The van der Waals surface area contributed by atoms with Gasteiger partial charge in [-0.05, 0) is 45.0 Å². The molecule has 0 aliphatic carbocycles. The summed E-state index contributed by atoms with van der Waals surface area (Å²) in [7, 11) is 2.98. The molecule has 2 aromatic rings. The number of azo groups is 1. The van der Waals surface area contributed by atoms with Gasteiger partial charge in [0.25, 0.3) is 5.91 Å². The molecule has 1 amide bonds. The molecule has 2 rings (SSSR count).